The van der Waals surface area contributed by atoms with Crippen molar-refractivity contribution >= 4 is 51.2 Å². The first kappa shape index (κ1) is 33.4. The second-order valence-electron chi connectivity index (χ2n) is 13.2. The van der Waals surface area contributed by atoms with Crippen LogP contribution in [0, 0.1) is 0 Å². The molecule has 0 radical (unpaired) electrons. The van der Waals surface area contributed by atoms with Crippen LogP contribution in [0.2, 0.25) is 0 Å². The van der Waals surface area contributed by atoms with Gasteiger partial charge in [-0.2, -0.15) is 0 Å². The molecular weight excluding hydrogens is 647 g/mol. The van der Waals surface area contributed by atoms with Crippen molar-refractivity contribution in [2.24, 2.45) is 0 Å². The second-order valence-corrected chi connectivity index (χ2v) is 13.2. The molecule has 0 fully saturated rings. The number of nitrogens with zero attached hydrogens (tertiary/aromatic N) is 2. The molecule has 260 valence electrons. The smallest absolute Gasteiger partial charge is 0.0630 e. The molecule has 0 bridgehead atoms. The van der Waals surface area contributed by atoms with Gasteiger partial charge in [-0.05, 0) is 128 Å². The average Bonchev–Trinajstić information content (AvgIpc) is 3.22. The summed E-state index contributed by atoms with van der Waals surface area (Å²) in [6.45, 7) is 0. The van der Waals surface area contributed by atoms with Crippen LogP contribution < -0.4 is 25.8 Å². The maximum atomic E-state index is 3.65. The number of hydrogen-bond acceptors (Lipinski definition) is 5. The van der Waals surface area contributed by atoms with Crippen LogP contribution in [0.5, 0.6) is 0 Å². The Morgan fingerprint density at radius 1 is 0.377 bits per heavy atom. The van der Waals surface area contributed by atoms with Crippen LogP contribution in [0.25, 0.3) is 0 Å². The van der Waals surface area contributed by atoms with E-state index in [1.54, 1.807) is 0 Å². The van der Waals surface area contributed by atoms with Gasteiger partial charge in [0.1, 0.15) is 0 Å². The molecule has 2 aliphatic carbocycles. The van der Waals surface area contributed by atoms with E-state index in [0.29, 0.717) is 0 Å². The topological polar surface area (TPSA) is 42.6 Å². The van der Waals surface area contributed by atoms with Crippen LogP contribution in [0.3, 0.4) is 0 Å². The van der Waals surface area contributed by atoms with Crippen molar-refractivity contribution in [2.45, 2.75) is 24.9 Å². The second kappa shape index (κ2) is 16.1. The number of allylic oxidation sites excluding steroid dienone is 3. The molecule has 0 aliphatic heterocycles. The molecule has 0 aromatic heterocycles. The minimum atomic E-state index is 0.121. The Labute approximate surface area is 312 Å². The van der Waals surface area contributed by atoms with Crippen LogP contribution in [0.4, 0.5) is 51.2 Å². The molecule has 8 rings (SSSR count). The van der Waals surface area contributed by atoms with Gasteiger partial charge in [0, 0.05) is 56.9 Å². The van der Waals surface area contributed by atoms with Gasteiger partial charge in [-0.15, -0.1) is 0 Å². The standard InChI is InChI=1S/C48H43N5/c1-5-13-43(14-6-1)52(44-15-7-2-8-16-44)47-33-29-41(30-34-47)50-39-25-21-37(22-26-39)49-38-23-27-40(28-24-38)51-42-31-35-48(36-32-42)53(45-17-9-3-10-18-45)46-19-11-4-12-20-46/h1-3,5-11,13-36,38,40,49-51H,4,12H2. The lowest BCUT2D eigenvalue weighted by Crippen LogP contribution is -2.23. The number of hydrogen-bond donors (Lipinski definition) is 3. The van der Waals surface area contributed by atoms with Gasteiger partial charge in [0.25, 0.3) is 0 Å². The third-order valence-electron chi connectivity index (χ3n) is 9.42. The summed E-state index contributed by atoms with van der Waals surface area (Å²) in [5.41, 5.74) is 11.1. The maximum Gasteiger partial charge on any atom is 0.0630 e. The van der Waals surface area contributed by atoms with Crippen molar-refractivity contribution in [3.63, 3.8) is 0 Å². The molecule has 6 aromatic rings. The number of para-hydroxylation sites is 3. The van der Waals surface area contributed by atoms with Crippen molar-refractivity contribution in [3.8, 4) is 0 Å². The first-order valence-corrected chi connectivity index (χ1v) is 18.3. The van der Waals surface area contributed by atoms with Crippen molar-refractivity contribution in [1.29, 1.82) is 0 Å². The van der Waals surface area contributed by atoms with Gasteiger partial charge in [-0.25, -0.2) is 0 Å². The van der Waals surface area contributed by atoms with E-state index in [4.69, 9.17) is 0 Å². The van der Waals surface area contributed by atoms with Gasteiger partial charge in [-0.1, -0.05) is 91.1 Å². The molecule has 0 unspecified atom stereocenters. The lowest BCUT2D eigenvalue weighted by molar-refractivity contribution is 0.994. The van der Waals surface area contributed by atoms with E-state index in [1.807, 2.05) is 12.1 Å². The molecule has 3 N–H and O–H groups in total. The molecule has 6 aromatic carbocycles. The Hall–Kier alpha value is -6.72. The maximum absolute atomic E-state index is 3.65. The fraction of sp³-hybridized carbons (Fsp3) is 0.0833. The van der Waals surface area contributed by atoms with Crippen molar-refractivity contribution in [3.05, 3.63) is 212 Å². The predicted molar refractivity (Wildman–Crippen MR) is 225 cm³/mol. The molecule has 53 heavy (non-hydrogen) atoms. The van der Waals surface area contributed by atoms with E-state index in [-0.39, 0.29) is 12.1 Å². The molecule has 5 nitrogen and oxygen atoms in total. The molecule has 2 aliphatic rings. The van der Waals surface area contributed by atoms with Crippen LogP contribution in [0.15, 0.2) is 212 Å². The zero-order valence-electron chi connectivity index (χ0n) is 29.6. The minimum absolute atomic E-state index is 0.121. The summed E-state index contributed by atoms with van der Waals surface area (Å²) >= 11 is 0. The van der Waals surface area contributed by atoms with Gasteiger partial charge < -0.3 is 25.8 Å². The van der Waals surface area contributed by atoms with Crippen molar-refractivity contribution in [1.82, 2.24) is 0 Å². The van der Waals surface area contributed by atoms with Gasteiger partial charge in [0.2, 0.25) is 0 Å². The van der Waals surface area contributed by atoms with E-state index >= 15 is 0 Å². The quantitative estimate of drug-likeness (QED) is 0.112. The third-order valence-corrected chi connectivity index (χ3v) is 9.42. The predicted octanol–water partition coefficient (Wildman–Crippen LogP) is 12.7. The monoisotopic (exact) mass is 689 g/mol. The summed E-state index contributed by atoms with van der Waals surface area (Å²) in [5.74, 6) is 0. The van der Waals surface area contributed by atoms with E-state index in [0.717, 1.165) is 64.0 Å². The van der Waals surface area contributed by atoms with Crippen LogP contribution in [-0.2, 0) is 0 Å². The third kappa shape index (κ3) is 8.27. The number of benzene rings is 6. The molecule has 0 amide bonds. The molecule has 0 spiro atoms. The summed E-state index contributed by atoms with van der Waals surface area (Å²) in [6, 6.07) is 57.5. The fourth-order valence-electron chi connectivity index (χ4n) is 6.79. The molecule has 0 saturated carbocycles. The Morgan fingerprint density at radius 2 is 0.755 bits per heavy atom. The Kier molecular flexibility index (Phi) is 10.1. The highest BCUT2D eigenvalue weighted by atomic mass is 15.2. The molecule has 0 saturated heterocycles. The Morgan fingerprint density at radius 3 is 1.21 bits per heavy atom. The molecule has 5 heteroatoms. The Balaban J connectivity index is 0.854. The number of nitrogens with one attached hydrogen (secondary N) is 3. The van der Waals surface area contributed by atoms with E-state index in [9.17, 15) is 0 Å². The zero-order chi connectivity index (χ0) is 35.7. The van der Waals surface area contributed by atoms with Crippen molar-refractivity contribution in [2.75, 3.05) is 25.8 Å². The minimum Gasteiger partial charge on any atom is -0.375 e. The van der Waals surface area contributed by atoms with Gasteiger partial charge in [-0.3, -0.25) is 0 Å². The van der Waals surface area contributed by atoms with Crippen LogP contribution in [-0.4, -0.2) is 12.1 Å². The molecular formula is C48H43N5. The molecule has 0 atom stereocenters. The van der Waals surface area contributed by atoms with Crippen molar-refractivity contribution < 1.29 is 0 Å². The summed E-state index contributed by atoms with van der Waals surface area (Å²) in [7, 11) is 0. The van der Waals surface area contributed by atoms with Gasteiger partial charge >= 0.3 is 0 Å². The van der Waals surface area contributed by atoms with Gasteiger partial charge in [0.15, 0.2) is 0 Å². The summed E-state index contributed by atoms with van der Waals surface area (Å²) in [5, 5.41) is 10.8. The summed E-state index contributed by atoms with van der Waals surface area (Å²) < 4.78 is 0. The van der Waals surface area contributed by atoms with E-state index in [1.165, 1.54) is 5.70 Å². The normalized spacial score (nSPS) is 16.0. The van der Waals surface area contributed by atoms with E-state index < -0.39 is 0 Å². The van der Waals surface area contributed by atoms with Gasteiger partial charge in [0.05, 0.1) is 12.1 Å². The zero-order valence-corrected chi connectivity index (χ0v) is 29.6. The fourth-order valence-corrected chi connectivity index (χ4v) is 6.79. The average molecular weight is 690 g/mol. The van der Waals surface area contributed by atoms with Crippen LogP contribution >= 0.6 is 0 Å². The first-order valence-electron chi connectivity index (χ1n) is 18.3. The largest absolute Gasteiger partial charge is 0.375 e. The number of rotatable bonds is 12. The summed E-state index contributed by atoms with van der Waals surface area (Å²) in [4.78, 5) is 4.59. The highest BCUT2D eigenvalue weighted by molar-refractivity contribution is 5.78. The SMILES string of the molecule is C1=CC(N(c2ccccc2)c2ccc(NC3C=CC(Nc4ccc(Nc5ccc(N(c6ccccc6)c6ccccc6)cc5)cc4)C=C3)cc2)=CCC1. The highest BCUT2D eigenvalue weighted by Gasteiger charge is 2.16. The first-order chi connectivity index (χ1) is 26.2. The lowest BCUT2D eigenvalue weighted by Gasteiger charge is -2.28. The summed E-state index contributed by atoms with van der Waals surface area (Å²) in [6.07, 6.45) is 17.8. The molecule has 0 heterocycles. The van der Waals surface area contributed by atoms with E-state index in [2.05, 4.69) is 220 Å². The van der Waals surface area contributed by atoms with Crippen LogP contribution in [0.1, 0.15) is 12.8 Å². The lowest BCUT2D eigenvalue weighted by atomic mass is 10.1. The Bertz CT molecular complexity index is 2140. The number of anilines is 9. The highest BCUT2D eigenvalue weighted by Crippen LogP contribution is 2.36.